The molecule has 0 unspecified atom stereocenters. The van der Waals surface area contributed by atoms with E-state index in [1.54, 1.807) is 0 Å². The molecule has 8 nitrogen and oxygen atoms in total. The Morgan fingerprint density at radius 1 is 0.800 bits per heavy atom. The van der Waals surface area contributed by atoms with Crippen molar-refractivity contribution in [3.05, 3.63) is 30.1 Å². The van der Waals surface area contributed by atoms with E-state index < -0.39 is 19.2 Å². The summed E-state index contributed by atoms with van der Waals surface area (Å²) in [6.45, 7) is 11.4. The number of nitrogens with zero attached hydrogens (tertiary/aromatic N) is 1. The number of pyridine rings is 1. The molecule has 0 aromatic carbocycles. The molecule has 10 heteroatoms. The van der Waals surface area contributed by atoms with Crippen LogP contribution in [0.1, 0.15) is 97.5 Å². The molecular formula is C25H49NO7SSi. The predicted molar refractivity (Wildman–Crippen MR) is 140 cm³/mol. The minimum absolute atomic E-state index is 0.639. The number of aryl methyl sites for hydroxylation is 2. The van der Waals surface area contributed by atoms with Crippen molar-refractivity contribution in [1.82, 2.24) is 0 Å². The molecule has 0 atom stereocenters. The first kappa shape index (κ1) is 34.1. The Labute approximate surface area is 215 Å². The summed E-state index contributed by atoms with van der Waals surface area (Å²) in [5.74, 6) is 0. The van der Waals surface area contributed by atoms with E-state index in [1.807, 2.05) is 20.8 Å². The summed E-state index contributed by atoms with van der Waals surface area (Å²) in [4.78, 5) is 0. The molecule has 0 aliphatic carbocycles. The first-order valence-electron chi connectivity index (χ1n) is 13.3. The molecule has 35 heavy (non-hydrogen) atoms. The Balaban J connectivity index is 0.00000209. The van der Waals surface area contributed by atoms with Crippen LogP contribution in [0.15, 0.2) is 24.5 Å². The van der Waals surface area contributed by atoms with Crippen molar-refractivity contribution >= 4 is 19.2 Å². The summed E-state index contributed by atoms with van der Waals surface area (Å²) in [5.41, 5.74) is 1.32. The highest BCUT2D eigenvalue weighted by atomic mass is 32.3. The molecule has 206 valence electrons. The van der Waals surface area contributed by atoms with Gasteiger partial charge in [-0.3, -0.25) is 4.55 Å². The van der Waals surface area contributed by atoms with Gasteiger partial charge >= 0.3 is 8.80 Å². The second kappa shape index (κ2) is 21.2. The van der Waals surface area contributed by atoms with Crippen LogP contribution in [0.25, 0.3) is 0 Å². The fourth-order valence-electron chi connectivity index (χ4n) is 3.88. The third-order valence-corrected chi connectivity index (χ3v) is 8.59. The number of hydrogen-bond acceptors (Lipinski definition) is 6. The maximum atomic E-state index is 8.63. The molecule has 1 rings (SSSR count). The monoisotopic (exact) mass is 535 g/mol. The molecule has 1 aromatic rings. The van der Waals surface area contributed by atoms with Gasteiger partial charge in [-0.15, -0.1) is 0 Å². The van der Waals surface area contributed by atoms with E-state index in [0.717, 1.165) is 19.0 Å². The Morgan fingerprint density at radius 2 is 1.20 bits per heavy atom. The average Bonchev–Trinajstić information content (AvgIpc) is 2.79. The van der Waals surface area contributed by atoms with Crippen LogP contribution in [-0.2, 0) is 36.6 Å². The smallest absolute Gasteiger partial charge is 0.501 e. The molecule has 0 fully saturated rings. The van der Waals surface area contributed by atoms with Gasteiger partial charge in [0, 0.05) is 44.4 Å². The zero-order chi connectivity index (χ0) is 26.4. The van der Waals surface area contributed by atoms with Crippen LogP contribution in [0.4, 0.5) is 0 Å². The summed E-state index contributed by atoms with van der Waals surface area (Å²) in [5, 5.41) is 0. The lowest BCUT2D eigenvalue weighted by atomic mass is 10.1. The Bertz CT molecular complexity index is 692. The minimum Gasteiger partial charge on any atom is -0.726 e. The standard InChI is InChI=1S/C25H48NO3Si.H2O4S/c1-5-9-10-11-12-13-14-15-16-17-21-26-22-18-25(19-23-26)20-24-30(27-6-2,28-7-3)29-8-4;1-5(2,3)4/h18-19,22-23H,5-17,20-21,24H2,1-4H3;(H2,1,2,3,4)/q+1;/p-1. The average molecular weight is 536 g/mol. The molecule has 0 saturated carbocycles. The van der Waals surface area contributed by atoms with Crippen molar-refractivity contribution < 1.29 is 35.4 Å². The fourth-order valence-corrected chi connectivity index (χ4v) is 6.48. The summed E-state index contributed by atoms with van der Waals surface area (Å²) in [6.07, 6.45) is 19.2. The van der Waals surface area contributed by atoms with Crippen molar-refractivity contribution in [1.29, 1.82) is 0 Å². The maximum Gasteiger partial charge on any atom is 0.501 e. The van der Waals surface area contributed by atoms with Gasteiger partial charge in [0.25, 0.3) is 0 Å². The Hall–Kier alpha value is -0.883. The van der Waals surface area contributed by atoms with E-state index in [-0.39, 0.29) is 0 Å². The van der Waals surface area contributed by atoms with E-state index in [9.17, 15) is 0 Å². The third kappa shape index (κ3) is 21.0. The highest BCUT2D eigenvalue weighted by Gasteiger charge is 2.39. The van der Waals surface area contributed by atoms with Crippen LogP contribution in [0.2, 0.25) is 6.04 Å². The zero-order valence-electron chi connectivity index (χ0n) is 22.4. The topological polar surface area (TPSA) is 109 Å². The molecule has 1 aromatic heterocycles. The summed E-state index contributed by atoms with van der Waals surface area (Å²) < 4.78 is 53.0. The summed E-state index contributed by atoms with van der Waals surface area (Å²) >= 11 is 0. The number of hydrogen-bond donors (Lipinski definition) is 1. The highest BCUT2D eigenvalue weighted by Crippen LogP contribution is 2.19. The van der Waals surface area contributed by atoms with Crippen molar-refractivity contribution in [2.75, 3.05) is 19.8 Å². The van der Waals surface area contributed by atoms with Gasteiger partial charge in [0.2, 0.25) is 10.4 Å². The largest absolute Gasteiger partial charge is 0.726 e. The number of unbranched alkanes of at least 4 members (excludes halogenated alkanes) is 9. The first-order valence-corrected chi connectivity index (χ1v) is 16.6. The lowest BCUT2D eigenvalue weighted by Gasteiger charge is -2.28. The van der Waals surface area contributed by atoms with Gasteiger partial charge in [-0.05, 0) is 39.2 Å². The van der Waals surface area contributed by atoms with E-state index in [0.29, 0.717) is 19.8 Å². The van der Waals surface area contributed by atoms with Crippen LogP contribution >= 0.6 is 0 Å². The van der Waals surface area contributed by atoms with E-state index >= 15 is 0 Å². The molecule has 0 aliphatic heterocycles. The van der Waals surface area contributed by atoms with Crippen molar-refractivity contribution in [2.24, 2.45) is 0 Å². The molecule has 0 saturated heterocycles. The molecular weight excluding hydrogens is 486 g/mol. The van der Waals surface area contributed by atoms with Crippen molar-refractivity contribution in [2.45, 2.75) is 111 Å². The fraction of sp³-hybridized carbons (Fsp3) is 0.800. The van der Waals surface area contributed by atoms with Crippen LogP contribution in [0.5, 0.6) is 0 Å². The quantitative estimate of drug-likeness (QED) is 0.0773. The van der Waals surface area contributed by atoms with Gasteiger partial charge in [0.1, 0.15) is 6.54 Å². The van der Waals surface area contributed by atoms with Crippen LogP contribution in [0, 0.1) is 0 Å². The van der Waals surface area contributed by atoms with E-state index in [2.05, 4.69) is 36.0 Å². The van der Waals surface area contributed by atoms with Gasteiger partial charge < -0.3 is 17.8 Å². The molecule has 0 bridgehead atoms. The van der Waals surface area contributed by atoms with Crippen LogP contribution in [0.3, 0.4) is 0 Å². The van der Waals surface area contributed by atoms with Gasteiger partial charge in [0.05, 0.1) is 0 Å². The maximum absolute atomic E-state index is 8.63. The molecule has 1 heterocycles. The molecule has 0 radical (unpaired) electrons. The van der Waals surface area contributed by atoms with E-state index in [4.69, 9.17) is 30.8 Å². The zero-order valence-corrected chi connectivity index (χ0v) is 24.2. The molecule has 0 spiro atoms. The van der Waals surface area contributed by atoms with Crippen molar-refractivity contribution in [3.8, 4) is 0 Å². The summed E-state index contributed by atoms with van der Waals surface area (Å²) in [6, 6.07) is 5.31. The van der Waals surface area contributed by atoms with Gasteiger partial charge in [-0.25, -0.2) is 13.0 Å². The first-order chi connectivity index (χ1) is 16.7. The van der Waals surface area contributed by atoms with Crippen LogP contribution < -0.4 is 4.57 Å². The lowest BCUT2D eigenvalue weighted by Crippen LogP contribution is -2.46. The SMILES string of the molecule is CCCCCCCCCCCC[n+]1ccc(CC[Si](OCC)(OCC)OCC)cc1.O=S(=O)([O-])O. The van der Waals surface area contributed by atoms with Crippen molar-refractivity contribution in [3.63, 3.8) is 0 Å². The molecule has 0 aliphatic rings. The van der Waals surface area contributed by atoms with Crippen LogP contribution in [-0.4, -0.2) is 46.1 Å². The minimum atomic E-state index is -4.92. The normalized spacial score (nSPS) is 11.8. The Morgan fingerprint density at radius 3 is 1.60 bits per heavy atom. The highest BCUT2D eigenvalue weighted by molar-refractivity contribution is 7.79. The molecule has 1 N–H and O–H groups in total. The second-order valence-electron chi connectivity index (χ2n) is 8.54. The Kier molecular flexibility index (Phi) is 20.7. The van der Waals surface area contributed by atoms with Gasteiger partial charge in [0.15, 0.2) is 12.4 Å². The predicted octanol–water partition coefficient (Wildman–Crippen LogP) is 5.49. The lowest BCUT2D eigenvalue weighted by molar-refractivity contribution is -0.697. The number of rotatable bonds is 20. The summed E-state index contributed by atoms with van der Waals surface area (Å²) in [7, 11) is -7.46. The van der Waals surface area contributed by atoms with E-state index in [1.165, 1.54) is 69.8 Å². The third-order valence-electron chi connectivity index (χ3n) is 5.54. The van der Waals surface area contributed by atoms with Gasteiger partial charge in [-0.2, -0.15) is 0 Å². The second-order valence-corrected chi connectivity index (χ2v) is 12.1. The number of aromatic nitrogens is 1. The van der Waals surface area contributed by atoms with Gasteiger partial charge in [-0.1, -0.05) is 58.3 Å². The molecule has 0 amide bonds.